The molecule has 0 aromatic carbocycles. The molecule has 0 amide bonds. The summed E-state index contributed by atoms with van der Waals surface area (Å²) >= 11 is 0. The largest absolute Gasteiger partial charge is 0.462 e. The maximum Gasteiger partial charge on any atom is 0.306 e. The maximum absolute atomic E-state index is 12.3. The van der Waals surface area contributed by atoms with Crippen LogP contribution in [-0.2, 0) is 19.1 Å². The van der Waals surface area contributed by atoms with Crippen LogP contribution < -0.4 is 0 Å². The Morgan fingerprint density at radius 3 is 0.868 bits per heavy atom. The number of hydrogen-bond donors (Lipinski definition) is 1. The van der Waals surface area contributed by atoms with Gasteiger partial charge in [0.1, 0.15) is 6.61 Å². The first-order valence-corrected chi connectivity index (χ1v) is 31.0. The molecule has 0 bridgehead atoms. The molecule has 5 heteroatoms. The van der Waals surface area contributed by atoms with Gasteiger partial charge in [-0.2, -0.15) is 0 Å². The van der Waals surface area contributed by atoms with Gasteiger partial charge in [-0.25, -0.2) is 0 Å². The molecule has 0 heterocycles. The third-order valence-corrected chi connectivity index (χ3v) is 12.8. The van der Waals surface area contributed by atoms with Gasteiger partial charge in [0.15, 0.2) is 6.10 Å². The van der Waals surface area contributed by atoms with E-state index in [9.17, 15) is 14.7 Å². The van der Waals surface area contributed by atoms with Crippen molar-refractivity contribution in [2.75, 3.05) is 13.2 Å². The number of aliphatic hydroxyl groups excluding tert-OH is 1. The fourth-order valence-corrected chi connectivity index (χ4v) is 8.18. The fraction of sp³-hybridized carbons (Fsp3) is 0.606. The number of hydrogen-bond acceptors (Lipinski definition) is 5. The number of esters is 2. The Kier molecular flexibility index (Phi) is 61.0. The lowest BCUT2D eigenvalue weighted by Gasteiger charge is -2.15. The summed E-state index contributed by atoms with van der Waals surface area (Å²) in [6.07, 6.45) is 99.4. The van der Waals surface area contributed by atoms with Crippen LogP contribution in [0.3, 0.4) is 0 Å². The molecule has 1 atom stereocenters. The van der Waals surface area contributed by atoms with Crippen LogP contribution in [0.1, 0.15) is 258 Å². The van der Waals surface area contributed by atoms with Gasteiger partial charge in [0.05, 0.1) is 6.61 Å². The van der Waals surface area contributed by atoms with Crippen molar-refractivity contribution in [3.8, 4) is 0 Å². The molecule has 5 nitrogen and oxygen atoms in total. The molecule has 76 heavy (non-hydrogen) atoms. The minimum Gasteiger partial charge on any atom is -0.462 e. The highest BCUT2D eigenvalue weighted by atomic mass is 16.6. The summed E-state index contributed by atoms with van der Waals surface area (Å²) in [5, 5.41) is 9.67. The number of carbonyl (C=O) groups excluding carboxylic acids is 2. The van der Waals surface area contributed by atoms with Gasteiger partial charge in [-0.15, -0.1) is 0 Å². The van der Waals surface area contributed by atoms with E-state index in [0.717, 1.165) is 122 Å². The smallest absolute Gasteiger partial charge is 0.306 e. The zero-order valence-corrected chi connectivity index (χ0v) is 49.0. The molecule has 0 saturated carbocycles. The predicted molar refractivity (Wildman–Crippen MR) is 334 cm³/mol. The Morgan fingerprint density at radius 2 is 0.566 bits per heavy atom. The van der Waals surface area contributed by atoms with Gasteiger partial charge >= 0.3 is 11.9 Å². The number of unbranched alkanes of at least 4 members (excludes halogenated alkanes) is 21. The molecular weight excluding hydrogens is 933 g/mol. The van der Waals surface area contributed by atoms with Crippen LogP contribution in [0.4, 0.5) is 0 Å². The quantitative estimate of drug-likeness (QED) is 0.0373. The molecule has 1 N–H and O–H groups in total. The Morgan fingerprint density at radius 1 is 0.316 bits per heavy atom. The van der Waals surface area contributed by atoms with E-state index in [-0.39, 0.29) is 25.2 Å². The van der Waals surface area contributed by atoms with Crippen molar-refractivity contribution in [1.29, 1.82) is 0 Å². The second-order valence-electron chi connectivity index (χ2n) is 20.0. The number of rotatable bonds is 55. The third-order valence-electron chi connectivity index (χ3n) is 12.8. The van der Waals surface area contributed by atoms with Crippen LogP contribution in [0.25, 0.3) is 0 Å². The van der Waals surface area contributed by atoms with Gasteiger partial charge in [-0.3, -0.25) is 9.59 Å². The summed E-state index contributed by atoms with van der Waals surface area (Å²) in [6.45, 7) is 3.99. The van der Waals surface area contributed by atoms with Gasteiger partial charge in [0.2, 0.25) is 0 Å². The number of ether oxygens (including phenoxy) is 2. The number of carbonyl (C=O) groups is 2. The molecule has 0 radical (unpaired) electrons. The molecule has 0 aliphatic heterocycles. The first-order valence-electron chi connectivity index (χ1n) is 31.0. The average Bonchev–Trinajstić information content (AvgIpc) is 3.42. The third kappa shape index (κ3) is 62.1. The standard InChI is InChI=1S/C71H114O5/c1-3-5-7-9-11-13-15-17-19-21-23-25-27-29-30-31-32-33-34-35-36-37-38-39-40-42-44-46-48-50-52-54-56-58-60-62-64-66-71(74)76-69(67-72)68-75-70(73)65-63-61-59-57-55-53-51-49-47-45-43-41-28-26-24-22-20-18-16-14-12-10-8-6-4-2/h5,7,11,13,16-19,22-25,29-30,32-33,35-36,38-39,42,44,48,50,54,56,69,72H,3-4,6,8-10,12,14-15,20-21,26-28,31,34,37,40-41,43,45-47,49,51-53,55,57-68H2,1-2H3/b7-5-,13-11-,18-16-,19-17-,24-22-,25-23-,30-29-,33-32-,36-35-,39-38-,44-42-,50-48-,56-54-. The molecule has 0 spiro atoms. The van der Waals surface area contributed by atoms with Crippen LogP contribution in [0.15, 0.2) is 158 Å². The molecule has 0 aromatic heterocycles. The zero-order valence-electron chi connectivity index (χ0n) is 49.0. The van der Waals surface area contributed by atoms with E-state index in [4.69, 9.17) is 9.47 Å². The summed E-state index contributed by atoms with van der Waals surface area (Å²) in [6, 6.07) is 0. The normalized spacial score (nSPS) is 13.4. The molecule has 0 aromatic rings. The van der Waals surface area contributed by atoms with Gasteiger partial charge < -0.3 is 14.6 Å². The van der Waals surface area contributed by atoms with Gasteiger partial charge in [-0.1, -0.05) is 275 Å². The second kappa shape index (κ2) is 64.8. The molecule has 1 unspecified atom stereocenters. The van der Waals surface area contributed by atoms with Crippen molar-refractivity contribution >= 4 is 11.9 Å². The van der Waals surface area contributed by atoms with E-state index in [1.54, 1.807) is 0 Å². The molecule has 0 aliphatic carbocycles. The van der Waals surface area contributed by atoms with Crippen LogP contribution in [0.2, 0.25) is 0 Å². The molecular formula is C71H114O5. The lowest BCUT2D eigenvalue weighted by molar-refractivity contribution is -0.161. The monoisotopic (exact) mass is 1050 g/mol. The van der Waals surface area contributed by atoms with Gasteiger partial charge in [0, 0.05) is 12.8 Å². The van der Waals surface area contributed by atoms with Crippen molar-refractivity contribution in [2.45, 2.75) is 264 Å². The maximum atomic E-state index is 12.3. The summed E-state index contributed by atoms with van der Waals surface area (Å²) in [5.74, 6) is -0.636. The van der Waals surface area contributed by atoms with Crippen molar-refractivity contribution in [2.24, 2.45) is 0 Å². The second-order valence-corrected chi connectivity index (χ2v) is 20.0. The summed E-state index contributed by atoms with van der Waals surface area (Å²) in [5.41, 5.74) is 0. The molecule has 0 fully saturated rings. The predicted octanol–water partition coefficient (Wildman–Crippen LogP) is 21.5. The SMILES string of the molecule is CC/C=C\C/C=C\C/C=C\C/C=C\C/C=C\C/C=C\C/C=C\C/C=C\C/C=C\C/C=C\C/C=C\CCCCCC(=O)OC(CO)COC(=O)CCCCCCCCCCCCCCC/C=C\C/C=C\CCCCCCC. The Hall–Kier alpha value is -4.48. The Labute approximate surface area is 469 Å². The fourth-order valence-electron chi connectivity index (χ4n) is 8.18. The van der Waals surface area contributed by atoms with Gasteiger partial charge in [0.25, 0.3) is 0 Å². The molecule has 0 rings (SSSR count). The van der Waals surface area contributed by atoms with Crippen molar-refractivity contribution in [1.82, 2.24) is 0 Å². The van der Waals surface area contributed by atoms with E-state index in [1.807, 2.05) is 0 Å². The number of aliphatic hydroxyl groups is 1. The summed E-state index contributed by atoms with van der Waals surface area (Å²) in [4.78, 5) is 24.6. The summed E-state index contributed by atoms with van der Waals surface area (Å²) in [7, 11) is 0. The van der Waals surface area contributed by atoms with Crippen molar-refractivity contribution in [3.63, 3.8) is 0 Å². The highest BCUT2D eigenvalue weighted by Crippen LogP contribution is 2.15. The van der Waals surface area contributed by atoms with Crippen molar-refractivity contribution < 1.29 is 24.2 Å². The molecule has 0 aliphatic rings. The molecule has 428 valence electrons. The highest BCUT2D eigenvalue weighted by Gasteiger charge is 2.16. The van der Waals surface area contributed by atoms with E-state index in [0.29, 0.717) is 12.8 Å². The van der Waals surface area contributed by atoms with Crippen LogP contribution in [-0.4, -0.2) is 36.4 Å². The lowest BCUT2D eigenvalue weighted by atomic mass is 10.0. The Bertz CT molecular complexity index is 1660. The van der Waals surface area contributed by atoms with E-state index >= 15 is 0 Å². The van der Waals surface area contributed by atoms with Crippen LogP contribution in [0, 0.1) is 0 Å². The minimum atomic E-state index is -0.803. The zero-order chi connectivity index (χ0) is 54.8. The molecule has 0 saturated heterocycles. The summed E-state index contributed by atoms with van der Waals surface area (Å²) < 4.78 is 10.7. The van der Waals surface area contributed by atoms with E-state index < -0.39 is 6.10 Å². The Balaban J connectivity index is 3.65. The number of allylic oxidation sites excluding steroid dienone is 26. The lowest BCUT2D eigenvalue weighted by Crippen LogP contribution is -2.28. The first-order chi connectivity index (χ1) is 37.6. The van der Waals surface area contributed by atoms with Crippen LogP contribution >= 0.6 is 0 Å². The highest BCUT2D eigenvalue weighted by molar-refractivity contribution is 5.70. The van der Waals surface area contributed by atoms with Crippen molar-refractivity contribution in [3.05, 3.63) is 158 Å². The first kappa shape index (κ1) is 71.5. The van der Waals surface area contributed by atoms with E-state index in [2.05, 4.69) is 172 Å². The minimum absolute atomic E-state index is 0.0888. The van der Waals surface area contributed by atoms with Crippen LogP contribution in [0.5, 0.6) is 0 Å². The van der Waals surface area contributed by atoms with E-state index in [1.165, 1.54) is 109 Å². The average molecular weight is 1050 g/mol. The van der Waals surface area contributed by atoms with Gasteiger partial charge in [-0.05, 0) is 128 Å². The topological polar surface area (TPSA) is 72.8 Å².